The smallest absolute Gasteiger partial charge is 0.232 e. The highest BCUT2D eigenvalue weighted by atomic mass is 32.1. The molecule has 0 saturated carbocycles. The predicted octanol–water partition coefficient (Wildman–Crippen LogP) is 4.08. The molecule has 3 rings (SSSR count). The summed E-state index contributed by atoms with van der Waals surface area (Å²) in [6.45, 7) is 0. The van der Waals surface area contributed by atoms with Crippen LogP contribution < -0.4 is 4.90 Å². The highest BCUT2D eigenvalue weighted by Crippen LogP contribution is 2.28. The number of amides is 1. The SMILES string of the molecule is CN(C(=O)Cc1csc(-c2cccs2)n1)c1ccccc1. The molecule has 0 unspecified atom stereocenters. The van der Waals surface area contributed by atoms with E-state index in [0.29, 0.717) is 6.42 Å². The van der Waals surface area contributed by atoms with E-state index < -0.39 is 0 Å². The number of benzene rings is 1. The maximum absolute atomic E-state index is 12.3. The molecule has 1 amide bonds. The number of para-hydroxylation sites is 1. The van der Waals surface area contributed by atoms with Crippen molar-refractivity contribution in [2.45, 2.75) is 6.42 Å². The minimum Gasteiger partial charge on any atom is -0.315 e. The Morgan fingerprint density at radius 3 is 2.67 bits per heavy atom. The third-order valence-corrected chi connectivity index (χ3v) is 5.06. The topological polar surface area (TPSA) is 33.2 Å². The molecule has 5 heteroatoms. The van der Waals surface area contributed by atoms with Gasteiger partial charge in [-0.2, -0.15) is 0 Å². The van der Waals surface area contributed by atoms with E-state index in [1.165, 1.54) is 0 Å². The van der Waals surface area contributed by atoms with Crippen molar-refractivity contribution in [2.24, 2.45) is 0 Å². The minimum atomic E-state index is 0.0456. The summed E-state index contributed by atoms with van der Waals surface area (Å²) in [5, 5.41) is 4.98. The van der Waals surface area contributed by atoms with Gasteiger partial charge in [-0.05, 0) is 23.6 Å². The molecule has 3 aromatic rings. The number of aromatic nitrogens is 1. The first kappa shape index (κ1) is 14.0. The zero-order valence-electron chi connectivity index (χ0n) is 11.5. The van der Waals surface area contributed by atoms with Crippen LogP contribution in [0.15, 0.2) is 53.2 Å². The second kappa shape index (κ2) is 6.20. The molecule has 2 heterocycles. The lowest BCUT2D eigenvalue weighted by Gasteiger charge is -2.16. The van der Waals surface area contributed by atoms with Gasteiger partial charge in [-0.25, -0.2) is 4.98 Å². The molecule has 2 aromatic heterocycles. The fourth-order valence-corrected chi connectivity index (χ4v) is 3.60. The average molecular weight is 314 g/mol. The van der Waals surface area contributed by atoms with Crippen molar-refractivity contribution in [3.63, 3.8) is 0 Å². The molecular weight excluding hydrogens is 300 g/mol. The first-order chi connectivity index (χ1) is 10.2. The van der Waals surface area contributed by atoms with E-state index in [4.69, 9.17) is 0 Å². The number of hydrogen-bond acceptors (Lipinski definition) is 4. The van der Waals surface area contributed by atoms with Crippen LogP contribution in [0.3, 0.4) is 0 Å². The average Bonchev–Trinajstić information content (AvgIpc) is 3.18. The Kier molecular flexibility index (Phi) is 4.13. The van der Waals surface area contributed by atoms with Crippen molar-refractivity contribution in [3.05, 3.63) is 58.9 Å². The van der Waals surface area contributed by atoms with Crippen LogP contribution in [0, 0.1) is 0 Å². The normalized spacial score (nSPS) is 10.5. The maximum Gasteiger partial charge on any atom is 0.232 e. The van der Waals surface area contributed by atoms with E-state index in [2.05, 4.69) is 4.98 Å². The predicted molar refractivity (Wildman–Crippen MR) is 89.0 cm³/mol. The molecule has 0 bridgehead atoms. The molecule has 0 saturated heterocycles. The zero-order valence-corrected chi connectivity index (χ0v) is 13.2. The quantitative estimate of drug-likeness (QED) is 0.727. The second-order valence-corrected chi connectivity index (χ2v) is 6.39. The summed E-state index contributed by atoms with van der Waals surface area (Å²) in [5.74, 6) is 0.0456. The molecule has 0 aliphatic heterocycles. The van der Waals surface area contributed by atoms with Crippen molar-refractivity contribution in [1.29, 1.82) is 0 Å². The van der Waals surface area contributed by atoms with Gasteiger partial charge in [-0.15, -0.1) is 22.7 Å². The maximum atomic E-state index is 12.3. The molecule has 0 spiro atoms. The summed E-state index contributed by atoms with van der Waals surface area (Å²) in [4.78, 5) is 19.7. The van der Waals surface area contributed by atoms with Gasteiger partial charge in [0.2, 0.25) is 5.91 Å². The summed E-state index contributed by atoms with van der Waals surface area (Å²) in [6, 6.07) is 13.7. The number of thiophene rings is 1. The van der Waals surface area contributed by atoms with Gasteiger partial charge in [0.15, 0.2) is 0 Å². The Morgan fingerprint density at radius 2 is 1.95 bits per heavy atom. The van der Waals surface area contributed by atoms with Crippen molar-refractivity contribution < 1.29 is 4.79 Å². The first-order valence-corrected chi connectivity index (χ1v) is 8.30. The highest BCUT2D eigenvalue weighted by molar-refractivity contribution is 7.20. The molecule has 106 valence electrons. The molecular formula is C16H14N2OS2. The van der Waals surface area contributed by atoms with Gasteiger partial charge in [0, 0.05) is 18.1 Å². The van der Waals surface area contributed by atoms with Crippen LogP contribution in [-0.2, 0) is 11.2 Å². The summed E-state index contributed by atoms with van der Waals surface area (Å²) >= 11 is 3.25. The van der Waals surface area contributed by atoms with E-state index in [0.717, 1.165) is 21.3 Å². The van der Waals surface area contributed by atoms with E-state index in [1.807, 2.05) is 53.2 Å². The van der Waals surface area contributed by atoms with Crippen LogP contribution in [0.25, 0.3) is 9.88 Å². The molecule has 0 N–H and O–H groups in total. The Hall–Kier alpha value is -1.98. The molecule has 21 heavy (non-hydrogen) atoms. The molecule has 0 radical (unpaired) electrons. The summed E-state index contributed by atoms with van der Waals surface area (Å²) in [7, 11) is 1.80. The molecule has 1 aromatic carbocycles. The number of rotatable bonds is 4. The Morgan fingerprint density at radius 1 is 1.14 bits per heavy atom. The van der Waals surface area contributed by atoms with Gasteiger partial charge < -0.3 is 4.90 Å². The largest absolute Gasteiger partial charge is 0.315 e. The van der Waals surface area contributed by atoms with E-state index in [1.54, 1.807) is 34.6 Å². The van der Waals surface area contributed by atoms with Crippen LogP contribution in [-0.4, -0.2) is 17.9 Å². The summed E-state index contributed by atoms with van der Waals surface area (Å²) in [5.41, 5.74) is 1.73. The number of carbonyl (C=O) groups excluding carboxylic acids is 1. The van der Waals surface area contributed by atoms with Gasteiger partial charge in [0.05, 0.1) is 17.0 Å². The van der Waals surface area contributed by atoms with Crippen molar-refractivity contribution in [2.75, 3.05) is 11.9 Å². The lowest BCUT2D eigenvalue weighted by atomic mass is 10.2. The summed E-state index contributed by atoms with van der Waals surface area (Å²) in [6.07, 6.45) is 0.327. The minimum absolute atomic E-state index is 0.0456. The Labute approximate surface area is 131 Å². The van der Waals surface area contributed by atoms with Crippen molar-refractivity contribution >= 4 is 34.3 Å². The molecule has 0 atom stereocenters. The number of anilines is 1. The molecule has 0 fully saturated rings. The molecule has 0 aliphatic rings. The van der Waals surface area contributed by atoms with E-state index in [-0.39, 0.29) is 5.91 Å². The number of nitrogens with zero attached hydrogens (tertiary/aromatic N) is 2. The highest BCUT2D eigenvalue weighted by Gasteiger charge is 2.14. The third-order valence-electron chi connectivity index (χ3n) is 3.13. The van der Waals surface area contributed by atoms with Crippen molar-refractivity contribution in [3.8, 4) is 9.88 Å². The Balaban J connectivity index is 1.71. The van der Waals surface area contributed by atoms with E-state index >= 15 is 0 Å². The van der Waals surface area contributed by atoms with Crippen molar-refractivity contribution in [1.82, 2.24) is 4.98 Å². The lowest BCUT2D eigenvalue weighted by molar-refractivity contribution is -0.117. The third kappa shape index (κ3) is 3.20. The van der Waals surface area contributed by atoms with Crippen LogP contribution in [0.1, 0.15) is 5.69 Å². The first-order valence-electron chi connectivity index (χ1n) is 6.54. The van der Waals surface area contributed by atoms with Gasteiger partial charge in [0.1, 0.15) is 5.01 Å². The van der Waals surface area contributed by atoms with Gasteiger partial charge in [-0.3, -0.25) is 4.79 Å². The lowest BCUT2D eigenvalue weighted by Crippen LogP contribution is -2.27. The fourth-order valence-electron chi connectivity index (χ4n) is 1.97. The zero-order chi connectivity index (χ0) is 14.7. The fraction of sp³-hybridized carbons (Fsp3) is 0.125. The van der Waals surface area contributed by atoms with Gasteiger partial charge in [-0.1, -0.05) is 24.3 Å². The number of carbonyl (C=O) groups is 1. The van der Waals surface area contributed by atoms with Crippen LogP contribution in [0.2, 0.25) is 0 Å². The number of thiazole rings is 1. The molecule has 3 nitrogen and oxygen atoms in total. The second-order valence-electron chi connectivity index (χ2n) is 4.59. The van der Waals surface area contributed by atoms with Crippen LogP contribution >= 0.6 is 22.7 Å². The summed E-state index contributed by atoms with van der Waals surface area (Å²) < 4.78 is 0. The van der Waals surface area contributed by atoms with Crippen LogP contribution in [0.5, 0.6) is 0 Å². The van der Waals surface area contributed by atoms with Gasteiger partial charge >= 0.3 is 0 Å². The van der Waals surface area contributed by atoms with Crippen LogP contribution in [0.4, 0.5) is 5.69 Å². The Bertz CT molecular complexity index is 720. The van der Waals surface area contributed by atoms with Gasteiger partial charge in [0.25, 0.3) is 0 Å². The van der Waals surface area contributed by atoms with E-state index in [9.17, 15) is 4.79 Å². The number of likely N-dealkylation sites (N-methyl/N-ethyl adjacent to an activating group) is 1. The standard InChI is InChI=1S/C16H14N2OS2/c1-18(13-6-3-2-4-7-13)15(19)10-12-11-21-16(17-12)14-8-5-9-20-14/h2-9,11H,10H2,1H3. The number of hydrogen-bond donors (Lipinski definition) is 0. The molecule has 0 aliphatic carbocycles. The monoisotopic (exact) mass is 314 g/mol.